The van der Waals surface area contributed by atoms with Gasteiger partial charge >= 0.3 is 0 Å². The van der Waals surface area contributed by atoms with Crippen LogP contribution in [0.5, 0.6) is 0 Å². The molecule has 2 rings (SSSR count). The van der Waals surface area contributed by atoms with Crippen molar-refractivity contribution in [3.63, 3.8) is 0 Å². The minimum Gasteiger partial charge on any atom is -0.372 e. The molecular weight excluding hydrogens is 300 g/mol. The van der Waals surface area contributed by atoms with E-state index in [2.05, 4.69) is 42.8 Å². The zero-order chi connectivity index (χ0) is 15.2. The molecule has 3 nitrogen and oxygen atoms in total. The number of aliphatic imine (C=N–C) groups is 1. The summed E-state index contributed by atoms with van der Waals surface area (Å²) in [7, 11) is 0. The van der Waals surface area contributed by atoms with Gasteiger partial charge in [-0.15, -0.1) is 0 Å². The number of carbonyl (C=O) groups is 1. The number of carbonyl (C=O) groups excluding carboxylic acids is 1. The number of hydrogen-bond donors (Lipinski definition) is 0. The number of anilines is 1. The second-order valence-corrected chi connectivity index (χ2v) is 6.97. The van der Waals surface area contributed by atoms with Crippen LogP contribution >= 0.6 is 23.5 Å². The van der Waals surface area contributed by atoms with Crippen LogP contribution in [0.25, 0.3) is 6.08 Å². The van der Waals surface area contributed by atoms with Gasteiger partial charge in [-0.25, -0.2) is 4.99 Å². The van der Waals surface area contributed by atoms with E-state index in [9.17, 15) is 4.79 Å². The lowest BCUT2D eigenvalue weighted by Crippen LogP contribution is -2.21. The summed E-state index contributed by atoms with van der Waals surface area (Å²) in [5, 5.41) is 0.0405. The van der Waals surface area contributed by atoms with Crippen molar-refractivity contribution in [3.05, 3.63) is 35.5 Å². The molecule has 0 bridgehead atoms. The largest absolute Gasteiger partial charge is 0.372 e. The third kappa shape index (κ3) is 4.14. The summed E-state index contributed by atoms with van der Waals surface area (Å²) < 4.78 is 0.855. The summed E-state index contributed by atoms with van der Waals surface area (Å²) in [6.07, 6.45) is 1.87. The van der Waals surface area contributed by atoms with Gasteiger partial charge in [0.15, 0.2) is 0 Å². The number of nitrogens with zero attached hydrogens (tertiary/aromatic N) is 2. The van der Waals surface area contributed by atoms with Gasteiger partial charge in [0.05, 0.1) is 0 Å². The number of hydrogen-bond acceptors (Lipinski definition) is 5. The van der Waals surface area contributed by atoms with Gasteiger partial charge in [0, 0.05) is 18.8 Å². The van der Waals surface area contributed by atoms with Crippen LogP contribution < -0.4 is 4.90 Å². The molecule has 1 aromatic rings. The van der Waals surface area contributed by atoms with E-state index in [0.717, 1.165) is 28.8 Å². The van der Waals surface area contributed by atoms with Gasteiger partial charge < -0.3 is 4.90 Å². The highest BCUT2D eigenvalue weighted by molar-refractivity contribution is 8.45. The molecule has 0 aromatic heterocycles. The minimum absolute atomic E-state index is 0.0405. The maximum atomic E-state index is 11.9. The van der Waals surface area contributed by atoms with Gasteiger partial charge in [0.2, 0.25) is 5.12 Å². The number of thioether (sulfide) groups is 2. The first-order chi connectivity index (χ1) is 10.2. The van der Waals surface area contributed by atoms with Gasteiger partial charge in [-0.05, 0) is 55.1 Å². The zero-order valence-electron chi connectivity index (χ0n) is 12.6. The van der Waals surface area contributed by atoms with Crippen molar-refractivity contribution in [2.24, 2.45) is 4.99 Å². The summed E-state index contributed by atoms with van der Waals surface area (Å²) in [4.78, 5) is 18.6. The second-order valence-electron chi connectivity index (χ2n) is 4.49. The molecule has 1 aromatic carbocycles. The molecule has 0 N–H and O–H groups in total. The molecule has 0 aliphatic carbocycles. The fraction of sp³-hybridized carbons (Fsp3) is 0.375. The Morgan fingerprint density at radius 3 is 2.43 bits per heavy atom. The van der Waals surface area contributed by atoms with Gasteiger partial charge in [0.25, 0.3) is 0 Å². The van der Waals surface area contributed by atoms with Crippen LogP contribution in [0.1, 0.15) is 26.3 Å². The molecule has 112 valence electrons. The van der Waals surface area contributed by atoms with Crippen molar-refractivity contribution in [2.75, 3.05) is 23.7 Å². The first-order valence-corrected chi connectivity index (χ1v) is 8.98. The van der Waals surface area contributed by atoms with Crippen LogP contribution in [0.2, 0.25) is 0 Å². The van der Waals surface area contributed by atoms with E-state index in [1.54, 1.807) is 11.8 Å². The van der Waals surface area contributed by atoms with Crippen molar-refractivity contribution >= 4 is 44.8 Å². The Morgan fingerprint density at radius 2 is 1.86 bits per heavy atom. The van der Waals surface area contributed by atoms with Gasteiger partial charge in [-0.1, -0.05) is 30.8 Å². The minimum atomic E-state index is 0.0405. The van der Waals surface area contributed by atoms with E-state index >= 15 is 0 Å². The van der Waals surface area contributed by atoms with Crippen molar-refractivity contribution < 1.29 is 4.79 Å². The van der Waals surface area contributed by atoms with E-state index in [0.29, 0.717) is 5.70 Å². The Bertz CT molecular complexity index is 560. The van der Waals surface area contributed by atoms with E-state index < -0.39 is 0 Å². The molecular formula is C16H20N2OS2. The van der Waals surface area contributed by atoms with Crippen LogP contribution in [-0.2, 0) is 4.79 Å². The predicted molar refractivity (Wildman–Crippen MR) is 96.1 cm³/mol. The summed E-state index contributed by atoms with van der Waals surface area (Å²) in [5.74, 6) is 0.935. The lowest BCUT2D eigenvalue weighted by molar-refractivity contribution is -0.107. The highest BCUT2D eigenvalue weighted by Gasteiger charge is 2.21. The zero-order valence-corrected chi connectivity index (χ0v) is 14.3. The molecule has 0 atom stereocenters. The SMILES string of the molecule is CCSC1=N/C(=C\c2ccc(N(CC)CC)cc2)C(=O)S1. The molecule has 0 saturated heterocycles. The van der Waals surface area contributed by atoms with Gasteiger partial charge in [0.1, 0.15) is 10.1 Å². The summed E-state index contributed by atoms with van der Waals surface area (Å²) >= 11 is 2.84. The molecule has 1 aliphatic rings. The van der Waals surface area contributed by atoms with Gasteiger partial charge in [-0.3, -0.25) is 4.79 Å². The van der Waals surface area contributed by atoms with Crippen LogP contribution in [0.4, 0.5) is 5.69 Å². The van der Waals surface area contributed by atoms with E-state index in [-0.39, 0.29) is 5.12 Å². The Morgan fingerprint density at radius 1 is 1.19 bits per heavy atom. The highest BCUT2D eigenvalue weighted by Crippen LogP contribution is 2.31. The number of benzene rings is 1. The summed E-state index contributed by atoms with van der Waals surface area (Å²) in [6, 6.07) is 8.27. The van der Waals surface area contributed by atoms with E-state index in [1.165, 1.54) is 17.4 Å². The maximum Gasteiger partial charge on any atom is 0.244 e. The quantitative estimate of drug-likeness (QED) is 0.759. The van der Waals surface area contributed by atoms with Gasteiger partial charge in [-0.2, -0.15) is 0 Å². The van der Waals surface area contributed by atoms with Crippen LogP contribution in [0.15, 0.2) is 35.0 Å². The summed E-state index contributed by atoms with van der Waals surface area (Å²) in [5.41, 5.74) is 2.77. The molecule has 1 heterocycles. The molecule has 0 unspecified atom stereocenters. The Kier molecular flexibility index (Phi) is 5.94. The van der Waals surface area contributed by atoms with Crippen molar-refractivity contribution in [2.45, 2.75) is 20.8 Å². The molecule has 0 amide bonds. The van der Waals surface area contributed by atoms with Crippen LogP contribution in [-0.4, -0.2) is 28.3 Å². The lowest BCUT2D eigenvalue weighted by atomic mass is 10.1. The standard InChI is InChI=1S/C16H20N2OS2/c1-4-18(5-2)13-9-7-12(8-10-13)11-14-15(19)21-16(17-14)20-6-3/h7-11H,4-6H2,1-3H3/b14-11-. The summed E-state index contributed by atoms with van der Waals surface area (Å²) in [6.45, 7) is 8.35. The molecule has 0 spiro atoms. The average molecular weight is 320 g/mol. The van der Waals surface area contributed by atoms with Crippen molar-refractivity contribution in [1.29, 1.82) is 0 Å². The Balaban J connectivity index is 2.16. The van der Waals surface area contributed by atoms with Crippen molar-refractivity contribution in [3.8, 4) is 0 Å². The molecule has 5 heteroatoms. The average Bonchev–Trinajstić information content (AvgIpc) is 2.82. The smallest absolute Gasteiger partial charge is 0.244 e. The Hall–Kier alpha value is -1.20. The molecule has 0 fully saturated rings. The molecule has 21 heavy (non-hydrogen) atoms. The second kappa shape index (κ2) is 7.71. The molecule has 0 saturated carbocycles. The lowest BCUT2D eigenvalue weighted by Gasteiger charge is -2.20. The monoisotopic (exact) mass is 320 g/mol. The van der Waals surface area contributed by atoms with Crippen molar-refractivity contribution in [1.82, 2.24) is 0 Å². The molecule has 1 aliphatic heterocycles. The van der Waals surface area contributed by atoms with E-state index in [1.807, 2.05) is 18.2 Å². The highest BCUT2D eigenvalue weighted by atomic mass is 32.2. The van der Waals surface area contributed by atoms with Crippen LogP contribution in [0, 0.1) is 0 Å². The molecule has 0 radical (unpaired) electrons. The topological polar surface area (TPSA) is 32.7 Å². The first-order valence-electron chi connectivity index (χ1n) is 7.18. The third-order valence-electron chi connectivity index (χ3n) is 3.19. The predicted octanol–water partition coefficient (Wildman–Crippen LogP) is 4.26. The first kappa shape index (κ1) is 16.2. The maximum absolute atomic E-state index is 11.9. The van der Waals surface area contributed by atoms with E-state index in [4.69, 9.17) is 0 Å². The van der Waals surface area contributed by atoms with Crippen LogP contribution in [0.3, 0.4) is 0 Å². The third-order valence-corrected chi connectivity index (χ3v) is 5.08. The normalized spacial score (nSPS) is 16.4. The fourth-order valence-corrected chi connectivity index (χ4v) is 3.84. The number of rotatable bonds is 5. The Labute approximate surface area is 134 Å². The fourth-order valence-electron chi connectivity index (χ4n) is 2.10.